The molecule has 1 aromatic rings. The normalized spacial score (nSPS) is 16.7. The van der Waals surface area contributed by atoms with Crippen LogP contribution in [0.5, 0.6) is 0 Å². The Kier molecular flexibility index (Phi) is 3.96. The summed E-state index contributed by atoms with van der Waals surface area (Å²) in [6, 6.07) is 2.43. The fourth-order valence-corrected chi connectivity index (χ4v) is 1.55. The van der Waals surface area contributed by atoms with Gasteiger partial charge < -0.3 is 14.6 Å². The minimum absolute atomic E-state index is 0.447. The largest absolute Gasteiger partial charge is 0.370 e. The lowest BCUT2D eigenvalue weighted by atomic mass is 9.96. The molecule has 1 heterocycles. The van der Waals surface area contributed by atoms with E-state index in [0.717, 1.165) is 18.0 Å². The van der Waals surface area contributed by atoms with Crippen molar-refractivity contribution in [2.75, 3.05) is 0 Å². The molecule has 0 amide bonds. The average Bonchev–Trinajstić information content (AvgIpc) is 2.60. The van der Waals surface area contributed by atoms with Gasteiger partial charge in [-0.2, -0.15) is 0 Å². The molecule has 1 aliphatic rings. The van der Waals surface area contributed by atoms with Crippen molar-refractivity contribution in [2.45, 2.75) is 58.4 Å². The van der Waals surface area contributed by atoms with Gasteiger partial charge in [0, 0.05) is 18.7 Å². The second kappa shape index (κ2) is 5.46. The minimum Gasteiger partial charge on any atom is -0.370 e. The van der Waals surface area contributed by atoms with E-state index < -0.39 is 0 Å². The zero-order chi connectivity index (χ0) is 11.4. The van der Waals surface area contributed by atoms with E-state index in [-0.39, 0.29) is 0 Å². The maximum atomic E-state index is 5.65. The summed E-state index contributed by atoms with van der Waals surface area (Å²) in [4.78, 5) is 0. The van der Waals surface area contributed by atoms with Gasteiger partial charge in [-0.15, -0.1) is 0 Å². The minimum atomic E-state index is 0.447. The summed E-state index contributed by atoms with van der Waals surface area (Å²) in [6.07, 6.45) is 4.12. The summed E-state index contributed by atoms with van der Waals surface area (Å²) >= 11 is 0. The van der Waals surface area contributed by atoms with E-state index in [9.17, 15) is 0 Å². The van der Waals surface area contributed by atoms with Crippen molar-refractivity contribution < 1.29 is 9.26 Å². The summed E-state index contributed by atoms with van der Waals surface area (Å²) < 4.78 is 10.8. The highest BCUT2D eigenvalue weighted by molar-refractivity contribution is 5.04. The number of hydrogen-bond donors (Lipinski definition) is 1. The second-order valence-electron chi connectivity index (χ2n) is 4.68. The van der Waals surface area contributed by atoms with Crippen LogP contribution >= 0.6 is 0 Å². The van der Waals surface area contributed by atoms with Gasteiger partial charge in [0.1, 0.15) is 6.61 Å². The van der Waals surface area contributed by atoms with Crippen molar-refractivity contribution in [1.82, 2.24) is 10.5 Å². The molecule has 0 spiro atoms. The van der Waals surface area contributed by atoms with E-state index in [0.29, 0.717) is 18.8 Å². The second-order valence-corrected chi connectivity index (χ2v) is 4.68. The zero-order valence-electron chi connectivity index (χ0n) is 10.0. The van der Waals surface area contributed by atoms with Gasteiger partial charge in [-0.3, -0.25) is 0 Å². The molecule has 0 aliphatic heterocycles. The van der Waals surface area contributed by atoms with E-state index in [1.54, 1.807) is 0 Å². The number of ether oxygens (including phenoxy) is 1. The highest BCUT2D eigenvalue weighted by Crippen LogP contribution is 2.23. The van der Waals surface area contributed by atoms with E-state index in [1.165, 1.54) is 19.3 Å². The SMILES string of the molecule is CC(C)NCc1cc(COC2CCC2)on1. The third kappa shape index (κ3) is 3.32. The summed E-state index contributed by atoms with van der Waals surface area (Å²) in [6.45, 7) is 5.53. The molecular weight excluding hydrogens is 204 g/mol. The zero-order valence-corrected chi connectivity index (χ0v) is 10.0. The van der Waals surface area contributed by atoms with Gasteiger partial charge in [0.25, 0.3) is 0 Å². The first-order chi connectivity index (χ1) is 7.74. The Hall–Kier alpha value is -0.870. The van der Waals surface area contributed by atoms with Gasteiger partial charge in [-0.1, -0.05) is 19.0 Å². The Morgan fingerprint density at radius 2 is 2.38 bits per heavy atom. The van der Waals surface area contributed by atoms with Crippen molar-refractivity contribution in [3.63, 3.8) is 0 Å². The molecular formula is C12H20N2O2. The van der Waals surface area contributed by atoms with Gasteiger partial charge in [0.2, 0.25) is 0 Å². The first-order valence-corrected chi connectivity index (χ1v) is 6.03. The van der Waals surface area contributed by atoms with E-state index in [1.807, 2.05) is 6.07 Å². The van der Waals surface area contributed by atoms with E-state index >= 15 is 0 Å². The number of nitrogens with one attached hydrogen (secondary N) is 1. The van der Waals surface area contributed by atoms with Crippen LogP contribution in [0.3, 0.4) is 0 Å². The van der Waals surface area contributed by atoms with Crippen LogP contribution in [0.25, 0.3) is 0 Å². The molecule has 0 saturated heterocycles. The first-order valence-electron chi connectivity index (χ1n) is 6.03. The molecule has 1 aromatic heterocycles. The van der Waals surface area contributed by atoms with E-state index in [4.69, 9.17) is 9.26 Å². The maximum absolute atomic E-state index is 5.65. The van der Waals surface area contributed by atoms with Crippen LogP contribution in [0.4, 0.5) is 0 Å². The highest BCUT2D eigenvalue weighted by atomic mass is 16.5. The fourth-order valence-electron chi connectivity index (χ4n) is 1.55. The van der Waals surface area contributed by atoms with Crippen LogP contribution in [0.15, 0.2) is 10.6 Å². The molecule has 1 N–H and O–H groups in total. The van der Waals surface area contributed by atoms with Crippen molar-refractivity contribution in [3.05, 3.63) is 17.5 Å². The summed E-state index contributed by atoms with van der Waals surface area (Å²) in [5, 5.41) is 7.29. The van der Waals surface area contributed by atoms with Crippen molar-refractivity contribution in [2.24, 2.45) is 0 Å². The van der Waals surface area contributed by atoms with Crippen LogP contribution in [-0.4, -0.2) is 17.3 Å². The average molecular weight is 224 g/mol. The molecule has 0 atom stereocenters. The Bertz CT molecular complexity index is 319. The third-order valence-electron chi connectivity index (χ3n) is 2.81. The lowest BCUT2D eigenvalue weighted by Crippen LogP contribution is -2.22. The topological polar surface area (TPSA) is 47.3 Å². The van der Waals surface area contributed by atoms with Crippen LogP contribution in [-0.2, 0) is 17.9 Å². The van der Waals surface area contributed by atoms with E-state index in [2.05, 4.69) is 24.3 Å². The Labute approximate surface area is 96.3 Å². The molecule has 1 saturated carbocycles. The van der Waals surface area contributed by atoms with Crippen LogP contribution in [0, 0.1) is 0 Å². The Morgan fingerprint density at radius 3 is 3.00 bits per heavy atom. The quantitative estimate of drug-likeness (QED) is 0.805. The van der Waals surface area contributed by atoms with Crippen molar-refractivity contribution in [1.29, 1.82) is 0 Å². The standard InChI is InChI=1S/C12H20N2O2/c1-9(2)13-7-10-6-12(16-14-10)8-15-11-4-3-5-11/h6,9,11,13H,3-5,7-8H2,1-2H3. The molecule has 1 aliphatic carbocycles. The molecule has 0 bridgehead atoms. The third-order valence-corrected chi connectivity index (χ3v) is 2.81. The van der Waals surface area contributed by atoms with Crippen LogP contribution in [0.1, 0.15) is 44.6 Å². The molecule has 2 rings (SSSR count). The molecule has 16 heavy (non-hydrogen) atoms. The predicted octanol–water partition coefficient (Wildman–Crippen LogP) is 2.24. The van der Waals surface area contributed by atoms with Crippen LogP contribution < -0.4 is 5.32 Å². The van der Waals surface area contributed by atoms with Crippen molar-refractivity contribution in [3.8, 4) is 0 Å². The van der Waals surface area contributed by atoms with Gasteiger partial charge in [0.05, 0.1) is 11.8 Å². The fraction of sp³-hybridized carbons (Fsp3) is 0.750. The van der Waals surface area contributed by atoms with Gasteiger partial charge in [-0.25, -0.2) is 0 Å². The molecule has 0 unspecified atom stereocenters. The number of hydrogen-bond acceptors (Lipinski definition) is 4. The monoisotopic (exact) mass is 224 g/mol. The highest BCUT2D eigenvalue weighted by Gasteiger charge is 2.18. The predicted molar refractivity (Wildman–Crippen MR) is 60.9 cm³/mol. The number of aromatic nitrogens is 1. The summed E-state index contributed by atoms with van der Waals surface area (Å²) in [5.74, 6) is 0.826. The first kappa shape index (κ1) is 11.6. The summed E-state index contributed by atoms with van der Waals surface area (Å²) in [7, 11) is 0. The molecule has 0 radical (unpaired) electrons. The van der Waals surface area contributed by atoms with Crippen LogP contribution in [0.2, 0.25) is 0 Å². The van der Waals surface area contributed by atoms with Gasteiger partial charge in [-0.05, 0) is 19.3 Å². The molecule has 4 heteroatoms. The molecule has 90 valence electrons. The van der Waals surface area contributed by atoms with Gasteiger partial charge in [0.15, 0.2) is 5.76 Å². The smallest absolute Gasteiger partial charge is 0.162 e. The van der Waals surface area contributed by atoms with Gasteiger partial charge >= 0.3 is 0 Å². The molecule has 4 nitrogen and oxygen atoms in total. The maximum Gasteiger partial charge on any atom is 0.162 e. The number of rotatable bonds is 6. The van der Waals surface area contributed by atoms with Crippen molar-refractivity contribution >= 4 is 0 Å². The lowest BCUT2D eigenvalue weighted by molar-refractivity contribution is -0.0174. The Morgan fingerprint density at radius 1 is 1.56 bits per heavy atom. The number of nitrogens with zero attached hydrogens (tertiary/aromatic N) is 1. The molecule has 1 fully saturated rings. The lowest BCUT2D eigenvalue weighted by Gasteiger charge is -2.24. The molecule has 0 aromatic carbocycles. The summed E-state index contributed by atoms with van der Waals surface area (Å²) in [5.41, 5.74) is 0.945. The Balaban J connectivity index is 1.73.